The molecule has 0 aliphatic rings. The molecule has 4 aromatic rings. The maximum Gasteiger partial charge on any atom is 0.335 e. The summed E-state index contributed by atoms with van der Waals surface area (Å²) in [5, 5.41) is 9.40. The number of rotatable bonds is 4. The van der Waals surface area contributed by atoms with Crippen molar-refractivity contribution in [2.24, 2.45) is 0 Å². The van der Waals surface area contributed by atoms with Gasteiger partial charge in [0, 0.05) is 17.1 Å². The molecule has 0 atom stereocenters. The number of nitrogens with one attached hydrogen (secondary N) is 1. The number of benzene rings is 2. The second-order valence-corrected chi connectivity index (χ2v) is 6.19. The number of carboxylic acids is 1. The quantitative estimate of drug-likeness (QED) is 0.491. The van der Waals surface area contributed by atoms with E-state index < -0.39 is 17.6 Å². The molecule has 0 aliphatic heterocycles. The van der Waals surface area contributed by atoms with Crippen LogP contribution in [0.5, 0.6) is 0 Å². The Hall–Kier alpha value is -3.41. The summed E-state index contributed by atoms with van der Waals surface area (Å²) in [6.45, 7) is 1.80. The lowest BCUT2D eigenvalue weighted by molar-refractivity contribution is 0.0697. The molecule has 0 radical (unpaired) electrons. The molecule has 4 rings (SSSR count). The molecule has 0 bridgehead atoms. The van der Waals surface area contributed by atoms with Crippen LogP contribution in [0.25, 0.3) is 33.7 Å². The molecule has 0 saturated carbocycles. The van der Waals surface area contributed by atoms with Crippen molar-refractivity contribution in [2.75, 3.05) is 0 Å². The average Bonchev–Trinajstić information content (AvgIpc) is 3.29. The molecule has 0 saturated heterocycles. The van der Waals surface area contributed by atoms with Gasteiger partial charge < -0.3 is 14.5 Å². The topological polar surface area (TPSA) is 66.2 Å². The Balaban J connectivity index is 1.75. The lowest BCUT2D eigenvalue weighted by Gasteiger charge is -2.01. The fraction of sp³-hybridized carbons (Fsp3) is 0.0952. The van der Waals surface area contributed by atoms with E-state index in [4.69, 9.17) is 9.52 Å². The molecule has 0 amide bonds. The highest BCUT2D eigenvalue weighted by Crippen LogP contribution is 2.34. The van der Waals surface area contributed by atoms with Crippen LogP contribution < -0.4 is 0 Å². The molecule has 0 fully saturated rings. The molecule has 2 aromatic heterocycles. The van der Waals surface area contributed by atoms with Gasteiger partial charge in [-0.15, -0.1) is 0 Å². The van der Waals surface area contributed by atoms with E-state index in [1.165, 1.54) is 12.1 Å². The molecule has 136 valence electrons. The van der Waals surface area contributed by atoms with E-state index in [1.807, 2.05) is 6.07 Å². The van der Waals surface area contributed by atoms with Crippen LogP contribution in [0, 0.1) is 11.6 Å². The summed E-state index contributed by atoms with van der Waals surface area (Å²) in [5.74, 6) is -1.91. The summed E-state index contributed by atoms with van der Waals surface area (Å²) < 4.78 is 33.7. The van der Waals surface area contributed by atoms with Gasteiger partial charge in [0.25, 0.3) is 0 Å². The van der Waals surface area contributed by atoms with E-state index in [0.29, 0.717) is 28.8 Å². The maximum absolute atomic E-state index is 14.1. The van der Waals surface area contributed by atoms with E-state index in [-0.39, 0.29) is 11.1 Å². The first kappa shape index (κ1) is 17.0. The molecular weight excluding hydrogens is 352 g/mol. The highest BCUT2D eigenvalue weighted by atomic mass is 19.1. The first-order valence-electron chi connectivity index (χ1n) is 8.41. The number of fused-ring (bicyclic) bond motifs is 1. The van der Waals surface area contributed by atoms with Crippen molar-refractivity contribution in [1.29, 1.82) is 0 Å². The van der Waals surface area contributed by atoms with Gasteiger partial charge in [0.15, 0.2) is 17.2 Å². The molecule has 2 heterocycles. The first-order valence-corrected chi connectivity index (χ1v) is 8.41. The van der Waals surface area contributed by atoms with Crippen LogP contribution in [0.4, 0.5) is 8.78 Å². The monoisotopic (exact) mass is 367 g/mol. The molecule has 0 spiro atoms. The number of halogens is 2. The molecule has 27 heavy (non-hydrogen) atoms. The molecule has 0 aliphatic carbocycles. The lowest BCUT2D eigenvalue weighted by Crippen LogP contribution is -1.94. The van der Waals surface area contributed by atoms with Gasteiger partial charge in [-0.05, 0) is 47.9 Å². The van der Waals surface area contributed by atoms with Crippen molar-refractivity contribution in [3.8, 4) is 22.7 Å². The van der Waals surface area contributed by atoms with Crippen molar-refractivity contribution in [2.45, 2.75) is 13.3 Å². The van der Waals surface area contributed by atoms with Gasteiger partial charge in [0.2, 0.25) is 0 Å². The minimum atomic E-state index is -0.989. The molecule has 6 heteroatoms. The maximum atomic E-state index is 14.1. The number of carbonyl (C=O) groups is 1. The third kappa shape index (κ3) is 2.89. The number of furan rings is 1. The van der Waals surface area contributed by atoms with Gasteiger partial charge in [-0.25, -0.2) is 13.6 Å². The summed E-state index contributed by atoms with van der Waals surface area (Å²) in [4.78, 5) is 14.1. The zero-order chi connectivity index (χ0) is 19.1. The average molecular weight is 367 g/mol. The van der Waals surface area contributed by atoms with Gasteiger partial charge in [-0.3, -0.25) is 0 Å². The third-order valence-corrected chi connectivity index (χ3v) is 4.56. The number of H-pyrrole nitrogens is 1. The minimum Gasteiger partial charge on any atom is -0.478 e. The smallest absolute Gasteiger partial charge is 0.335 e. The van der Waals surface area contributed by atoms with E-state index in [2.05, 4.69) is 4.98 Å². The van der Waals surface area contributed by atoms with Crippen molar-refractivity contribution in [3.63, 3.8) is 0 Å². The number of aromatic nitrogens is 1. The van der Waals surface area contributed by atoms with Gasteiger partial charge >= 0.3 is 5.97 Å². The zero-order valence-corrected chi connectivity index (χ0v) is 14.3. The van der Waals surface area contributed by atoms with Crippen LogP contribution in [0.1, 0.15) is 22.8 Å². The van der Waals surface area contributed by atoms with Crippen molar-refractivity contribution >= 4 is 16.9 Å². The Morgan fingerprint density at radius 1 is 1.04 bits per heavy atom. The van der Waals surface area contributed by atoms with Crippen LogP contribution >= 0.6 is 0 Å². The van der Waals surface area contributed by atoms with E-state index >= 15 is 0 Å². The predicted molar refractivity (Wildman–Crippen MR) is 97.7 cm³/mol. The summed E-state index contributed by atoms with van der Waals surface area (Å²) in [5.41, 5.74) is 2.82. The number of aryl methyl sites for hydroxylation is 1. The minimum absolute atomic E-state index is 0.0326. The van der Waals surface area contributed by atoms with Crippen LogP contribution in [0.3, 0.4) is 0 Å². The molecule has 2 N–H and O–H groups in total. The Morgan fingerprint density at radius 2 is 1.74 bits per heavy atom. The molecule has 4 nitrogen and oxygen atoms in total. The number of hydrogen-bond donors (Lipinski definition) is 2. The first-order chi connectivity index (χ1) is 13.0. The number of carboxylic acid groups (broad SMARTS) is 1. The zero-order valence-electron chi connectivity index (χ0n) is 14.3. The number of aromatic amines is 1. The Kier molecular flexibility index (Phi) is 4.03. The fourth-order valence-electron chi connectivity index (χ4n) is 3.18. The standard InChI is InChI=1S/C21H15F2NO3/c1-2-13-14-9-19(27-20(14)16(23)10-15(13)22)18-8-7-17(24-18)11-3-5-12(6-4-11)21(25)26/h3-10,24H,2H2,1H3,(H,25,26). The highest BCUT2D eigenvalue weighted by molar-refractivity contribution is 5.88. The fourth-order valence-corrected chi connectivity index (χ4v) is 3.18. The Labute approximate surface area is 153 Å². The van der Waals surface area contributed by atoms with Gasteiger partial charge in [0.1, 0.15) is 5.82 Å². The second-order valence-electron chi connectivity index (χ2n) is 6.19. The largest absolute Gasteiger partial charge is 0.478 e. The number of aromatic carboxylic acids is 1. The molecular formula is C21H15F2NO3. The summed E-state index contributed by atoms with van der Waals surface area (Å²) in [6.07, 6.45) is 0.424. The Morgan fingerprint density at radius 3 is 2.41 bits per heavy atom. The predicted octanol–water partition coefficient (Wildman–Crippen LogP) is 5.63. The molecule has 2 aromatic carbocycles. The van der Waals surface area contributed by atoms with Gasteiger partial charge in [0.05, 0.1) is 11.3 Å². The van der Waals surface area contributed by atoms with E-state index in [1.54, 1.807) is 31.2 Å². The van der Waals surface area contributed by atoms with Crippen LogP contribution in [-0.2, 0) is 6.42 Å². The molecule has 0 unspecified atom stereocenters. The number of hydrogen-bond acceptors (Lipinski definition) is 2. The van der Waals surface area contributed by atoms with Crippen molar-refractivity contribution in [1.82, 2.24) is 4.98 Å². The normalized spacial score (nSPS) is 11.2. The lowest BCUT2D eigenvalue weighted by atomic mass is 10.1. The highest BCUT2D eigenvalue weighted by Gasteiger charge is 2.18. The SMILES string of the molecule is CCc1c(F)cc(F)c2oc(-c3ccc(-c4ccc(C(=O)O)cc4)[nH]3)cc12. The summed E-state index contributed by atoms with van der Waals surface area (Å²) >= 11 is 0. The van der Waals surface area contributed by atoms with Gasteiger partial charge in [-0.2, -0.15) is 0 Å². The second kappa shape index (κ2) is 6.39. The van der Waals surface area contributed by atoms with E-state index in [0.717, 1.165) is 17.3 Å². The van der Waals surface area contributed by atoms with Crippen molar-refractivity contribution in [3.05, 3.63) is 71.3 Å². The van der Waals surface area contributed by atoms with Crippen LogP contribution in [-0.4, -0.2) is 16.1 Å². The van der Waals surface area contributed by atoms with E-state index in [9.17, 15) is 13.6 Å². The van der Waals surface area contributed by atoms with Crippen LogP contribution in [0.15, 0.2) is 52.9 Å². The summed E-state index contributed by atoms with van der Waals surface area (Å²) in [7, 11) is 0. The van der Waals surface area contributed by atoms with Crippen molar-refractivity contribution < 1.29 is 23.1 Å². The van der Waals surface area contributed by atoms with Crippen LogP contribution in [0.2, 0.25) is 0 Å². The summed E-state index contributed by atoms with van der Waals surface area (Å²) in [6, 6.07) is 12.5. The van der Waals surface area contributed by atoms with Gasteiger partial charge in [-0.1, -0.05) is 19.1 Å². The Bertz CT molecular complexity index is 1160. The third-order valence-electron chi connectivity index (χ3n) is 4.56.